The fourth-order valence-corrected chi connectivity index (χ4v) is 4.43. The van der Waals surface area contributed by atoms with Gasteiger partial charge in [0.25, 0.3) is 5.91 Å². The molecule has 1 aromatic carbocycles. The second-order valence-electron chi connectivity index (χ2n) is 5.90. The molecule has 3 rings (SSSR count). The number of ether oxygens (including phenoxy) is 1. The maximum atomic E-state index is 12.3. The molecule has 0 saturated heterocycles. The van der Waals surface area contributed by atoms with Gasteiger partial charge < -0.3 is 9.30 Å². The molecule has 8 nitrogen and oxygen atoms in total. The molecule has 0 aliphatic heterocycles. The number of nitro groups is 1. The number of hydrogen-bond acceptors (Lipinski definition) is 7. The number of carbonyl (C=O) groups excluding carboxylic acids is 2. The van der Waals surface area contributed by atoms with E-state index in [1.165, 1.54) is 29.6 Å². The summed E-state index contributed by atoms with van der Waals surface area (Å²) < 4.78 is 7.64. The van der Waals surface area contributed by atoms with Crippen LogP contribution in [0.5, 0.6) is 0 Å². The summed E-state index contributed by atoms with van der Waals surface area (Å²) in [4.78, 5) is 39.8. The highest BCUT2D eigenvalue weighted by Gasteiger charge is 2.12. The van der Waals surface area contributed by atoms with Gasteiger partial charge in [-0.15, -0.1) is 6.58 Å². The van der Waals surface area contributed by atoms with Gasteiger partial charge >= 0.3 is 11.0 Å². The van der Waals surface area contributed by atoms with Crippen LogP contribution in [0, 0.1) is 10.1 Å². The summed E-state index contributed by atoms with van der Waals surface area (Å²) >= 11 is 2.24. The van der Waals surface area contributed by atoms with E-state index in [0.29, 0.717) is 21.8 Å². The molecule has 0 unspecified atom stereocenters. The molecule has 30 heavy (non-hydrogen) atoms. The highest BCUT2D eigenvalue weighted by molar-refractivity contribution is 7.16. The molecule has 154 valence electrons. The van der Waals surface area contributed by atoms with E-state index in [0.717, 1.165) is 21.6 Å². The number of aromatic nitrogens is 1. The number of carbonyl (C=O) groups is 2. The summed E-state index contributed by atoms with van der Waals surface area (Å²) in [5, 5.41) is 10.8. The first kappa shape index (κ1) is 21.3. The third-order valence-electron chi connectivity index (χ3n) is 3.89. The van der Waals surface area contributed by atoms with Crippen LogP contribution >= 0.6 is 22.7 Å². The topological polar surface area (TPSA) is 104 Å². The van der Waals surface area contributed by atoms with Crippen LogP contribution in [0.2, 0.25) is 0 Å². The smallest absolute Gasteiger partial charge is 0.338 e. The van der Waals surface area contributed by atoms with Crippen LogP contribution in [0.1, 0.15) is 22.2 Å². The Morgan fingerprint density at radius 1 is 1.30 bits per heavy atom. The van der Waals surface area contributed by atoms with Crippen LogP contribution < -0.4 is 4.80 Å². The number of benzene rings is 1. The minimum Gasteiger partial charge on any atom is -0.462 e. The number of thiazole rings is 1. The molecule has 0 atom stereocenters. The fourth-order valence-electron chi connectivity index (χ4n) is 2.62. The van der Waals surface area contributed by atoms with Gasteiger partial charge in [0.2, 0.25) is 0 Å². The molecule has 0 radical (unpaired) electrons. The van der Waals surface area contributed by atoms with E-state index >= 15 is 0 Å². The molecule has 10 heteroatoms. The van der Waals surface area contributed by atoms with E-state index in [9.17, 15) is 19.7 Å². The van der Waals surface area contributed by atoms with Crippen molar-refractivity contribution < 1.29 is 19.2 Å². The summed E-state index contributed by atoms with van der Waals surface area (Å²) in [5.74, 6) is -0.911. The number of thiophene rings is 1. The Morgan fingerprint density at radius 2 is 2.10 bits per heavy atom. The Hall–Kier alpha value is -3.37. The fraction of sp³-hybridized carbons (Fsp3) is 0.150. The maximum absolute atomic E-state index is 12.3. The zero-order valence-electron chi connectivity index (χ0n) is 15.9. The molecule has 0 bridgehead atoms. The summed E-state index contributed by atoms with van der Waals surface area (Å²) in [5.41, 5.74) is 1.24. The molecule has 2 heterocycles. The second-order valence-corrected chi connectivity index (χ2v) is 8.01. The molecule has 3 aromatic rings. The highest BCUT2D eigenvalue weighted by Crippen LogP contribution is 2.25. The number of hydrogen-bond donors (Lipinski definition) is 0. The van der Waals surface area contributed by atoms with Crippen LogP contribution in [0.25, 0.3) is 16.3 Å². The van der Waals surface area contributed by atoms with E-state index in [2.05, 4.69) is 11.6 Å². The van der Waals surface area contributed by atoms with Crippen molar-refractivity contribution in [3.63, 3.8) is 0 Å². The number of amides is 1. The monoisotopic (exact) mass is 443 g/mol. The van der Waals surface area contributed by atoms with Crippen LogP contribution in [0.15, 0.2) is 54.1 Å². The lowest BCUT2D eigenvalue weighted by molar-refractivity contribution is -0.380. The molecular formula is C20H17N3O5S2. The van der Waals surface area contributed by atoms with Crippen molar-refractivity contribution in [1.29, 1.82) is 0 Å². The van der Waals surface area contributed by atoms with E-state index in [1.54, 1.807) is 37.3 Å². The predicted molar refractivity (Wildman–Crippen MR) is 117 cm³/mol. The van der Waals surface area contributed by atoms with Gasteiger partial charge in [-0.3, -0.25) is 14.9 Å². The molecule has 0 N–H and O–H groups in total. The quantitative estimate of drug-likeness (QED) is 0.179. The summed E-state index contributed by atoms with van der Waals surface area (Å²) in [6.07, 6.45) is 4.45. The predicted octanol–water partition coefficient (Wildman–Crippen LogP) is 4.18. The molecule has 1 amide bonds. The van der Waals surface area contributed by atoms with Gasteiger partial charge in [-0.05, 0) is 37.3 Å². The summed E-state index contributed by atoms with van der Waals surface area (Å²) in [6.45, 7) is 6.20. The third kappa shape index (κ3) is 4.78. The first-order chi connectivity index (χ1) is 14.4. The Bertz CT molecular complexity index is 1230. The average molecular weight is 444 g/mol. The van der Waals surface area contributed by atoms with Crippen molar-refractivity contribution in [2.24, 2.45) is 4.99 Å². The van der Waals surface area contributed by atoms with Crippen LogP contribution in [0.3, 0.4) is 0 Å². The van der Waals surface area contributed by atoms with Crippen LogP contribution in [-0.4, -0.2) is 28.0 Å². The standard InChI is InChI=1S/C20H17N3O5S2/c1-3-11-22-15-8-5-13(19(25)28-4-2)12-16(15)30-20(22)21-17(24)9-6-14-7-10-18(29-14)23(26)27/h3,5-10,12H,1,4,11H2,2H3. The summed E-state index contributed by atoms with van der Waals surface area (Å²) in [6, 6.07) is 8.12. The van der Waals surface area contributed by atoms with E-state index in [-0.39, 0.29) is 11.6 Å². The van der Waals surface area contributed by atoms with Crippen molar-refractivity contribution in [3.05, 3.63) is 74.4 Å². The van der Waals surface area contributed by atoms with Crippen molar-refractivity contribution in [2.45, 2.75) is 13.5 Å². The third-order valence-corrected chi connectivity index (χ3v) is 5.94. The SMILES string of the molecule is C=CCn1c(=NC(=O)C=Cc2ccc([N+](=O)[O-])s2)sc2cc(C(=O)OCC)ccc21. The zero-order valence-corrected chi connectivity index (χ0v) is 17.6. The minimum atomic E-state index is -0.499. The average Bonchev–Trinajstić information content (AvgIpc) is 3.32. The van der Waals surface area contributed by atoms with E-state index < -0.39 is 16.8 Å². The van der Waals surface area contributed by atoms with Crippen molar-refractivity contribution in [2.75, 3.05) is 6.61 Å². The van der Waals surface area contributed by atoms with Crippen molar-refractivity contribution in [3.8, 4) is 0 Å². The Kier molecular flexibility index (Phi) is 6.70. The maximum Gasteiger partial charge on any atom is 0.338 e. The number of fused-ring (bicyclic) bond motifs is 1. The lowest BCUT2D eigenvalue weighted by Gasteiger charge is -2.03. The number of esters is 1. The van der Waals surface area contributed by atoms with Crippen LogP contribution in [0.4, 0.5) is 5.00 Å². The van der Waals surface area contributed by atoms with Gasteiger partial charge in [-0.2, -0.15) is 4.99 Å². The molecule has 0 aliphatic rings. The van der Waals surface area contributed by atoms with Gasteiger partial charge in [-0.25, -0.2) is 4.79 Å². The lowest BCUT2D eigenvalue weighted by Crippen LogP contribution is -2.15. The van der Waals surface area contributed by atoms with Gasteiger partial charge in [0.1, 0.15) is 0 Å². The highest BCUT2D eigenvalue weighted by atomic mass is 32.1. The first-order valence-corrected chi connectivity index (χ1v) is 10.5. The Morgan fingerprint density at radius 3 is 2.77 bits per heavy atom. The molecule has 0 spiro atoms. The van der Waals surface area contributed by atoms with Crippen molar-refractivity contribution in [1.82, 2.24) is 4.57 Å². The largest absolute Gasteiger partial charge is 0.462 e. The molecule has 0 saturated carbocycles. The van der Waals surface area contributed by atoms with Gasteiger partial charge in [0.05, 0.1) is 27.3 Å². The van der Waals surface area contributed by atoms with Gasteiger partial charge in [-0.1, -0.05) is 28.7 Å². The lowest BCUT2D eigenvalue weighted by atomic mass is 10.2. The number of nitrogens with zero attached hydrogens (tertiary/aromatic N) is 3. The second kappa shape index (κ2) is 9.42. The molecular weight excluding hydrogens is 426 g/mol. The van der Waals surface area contributed by atoms with Crippen LogP contribution in [-0.2, 0) is 16.1 Å². The van der Waals surface area contributed by atoms with Gasteiger partial charge in [0.15, 0.2) is 4.80 Å². The Balaban J connectivity index is 1.94. The first-order valence-electron chi connectivity index (χ1n) is 8.85. The summed E-state index contributed by atoms with van der Waals surface area (Å²) in [7, 11) is 0. The zero-order chi connectivity index (χ0) is 21.7. The van der Waals surface area contributed by atoms with E-state index in [1.807, 2.05) is 4.57 Å². The minimum absolute atomic E-state index is 0.00442. The number of rotatable bonds is 7. The molecule has 0 aliphatic carbocycles. The Labute approximate surface area is 179 Å². The molecule has 2 aromatic heterocycles. The van der Waals surface area contributed by atoms with E-state index in [4.69, 9.17) is 4.74 Å². The normalized spacial score (nSPS) is 11.8. The van der Waals surface area contributed by atoms with Crippen molar-refractivity contribution >= 4 is 55.8 Å². The molecule has 0 fully saturated rings. The van der Waals surface area contributed by atoms with Gasteiger partial charge in [0, 0.05) is 23.6 Å². The number of allylic oxidation sites excluding steroid dienone is 1.